The molecule has 0 aliphatic rings. The average Bonchev–Trinajstić information content (AvgIpc) is 2.91. The molecule has 0 atom stereocenters. The van der Waals surface area contributed by atoms with Gasteiger partial charge >= 0.3 is 0 Å². The van der Waals surface area contributed by atoms with Gasteiger partial charge in [-0.15, -0.1) is 0 Å². The van der Waals surface area contributed by atoms with Crippen LogP contribution in [0.1, 0.15) is 17.3 Å². The highest BCUT2D eigenvalue weighted by Gasteiger charge is 2.21. The Morgan fingerprint density at radius 2 is 2.30 bits per heavy atom. The largest absolute Gasteiger partial charge is 0.379 e. The molecule has 2 rings (SSSR count). The fraction of sp³-hybridized carbons (Fsp3) is 0.167. The number of carbonyl (C=O) groups excluding carboxylic acids is 1. The number of H-pyrrole nitrogens is 1. The lowest BCUT2D eigenvalue weighted by Crippen LogP contribution is -2.16. The van der Waals surface area contributed by atoms with Crippen molar-refractivity contribution >= 4 is 23.2 Å². The molecule has 0 aliphatic heterocycles. The van der Waals surface area contributed by atoms with Crippen molar-refractivity contribution in [1.29, 1.82) is 0 Å². The molecule has 20 heavy (non-hydrogen) atoms. The molecular weight excluding hydrogens is 262 g/mol. The van der Waals surface area contributed by atoms with Gasteiger partial charge in [0, 0.05) is 25.0 Å². The van der Waals surface area contributed by atoms with E-state index in [9.17, 15) is 14.9 Å². The normalized spacial score (nSPS) is 10.1. The van der Waals surface area contributed by atoms with Crippen LogP contribution in [0.4, 0.5) is 17.3 Å². The van der Waals surface area contributed by atoms with Crippen molar-refractivity contribution in [3.05, 3.63) is 46.3 Å². The maximum Gasteiger partial charge on any atom is 0.293 e. The Morgan fingerprint density at radius 1 is 1.50 bits per heavy atom. The van der Waals surface area contributed by atoms with E-state index in [1.54, 1.807) is 13.1 Å². The standard InChI is InChI=1S/C12H13N5O3/c1-2-13-10-8(4-3-5-9(10)17(19)20)11(18)16-12-14-6-7-15-12/h3-7,13H,2H2,1H3,(H2,14,15,16,18). The number of anilines is 2. The maximum atomic E-state index is 12.1. The van der Waals surface area contributed by atoms with Crippen molar-refractivity contribution in [2.24, 2.45) is 0 Å². The highest BCUT2D eigenvalue weighted by atomic mass is 16.6. The minimum absolute atomic E-state index is 0.140. The van der Waals surface area contributed by atoms with Crippen molar-refractivity contribution in [2.45, 2.75) is 6.92 Å². The van der Waals surface area contributed by atoms with Crippen LogP contribution < -0.4 is 10.6 Å². The number of hydrogen-bond acceptors (Lipinski definition) is 5. The summed E-state index contributed by atoms with van der Waals surface area (Å²) in [4.78, 5) is 29.2. The smallest absolute Gasteiger partial charge is 0.293 e. The molecule has 8 nitrogen and oxygen atoms in total. The van der Waals surface area contributed by atoms with Gasteiger partial charge in [0.25, 0.3) is 11.6 Å². The van der Waals surface area contributed by atoms with E-state index in [-0.39, 0.29) is 22.9 Å². The van der Waals surface area contributed by atoms with Gasteiger partial charge in [-0.05, 0) is 13.0 Å². The van der Waals surface area contributed by atoms with E-state index in [2.05, 4.69) is 20.6 Å². The number of para-hydroxylation sites is 1. The maximum absolute atomic E-state index is 12.1. The Balaban J connectivity index is 2.37. The highest BCUT2D eigenvalue weighted by molar-refractivity contribution is 6.08. The highest BCUT2D eigenvalue weighted by Crippen LogP contribution is 2.28. The number of rotatable bonds is 5. The minimum atomic E-state index is -0.526. The van der Waals surface area contributed by atoms with Crippen LogP contribution in [0.15, 0.2) is 30.6 Å². The van der Waals surface area contributed by atoms with Crippen molar-refractivity contribution in [3.63, 3.8) is 0 Å². The molecule has 104 valence electrons. The summed E-state index contributed by atoms with van der Waals surface area (Å²) >= 11 is 0. The molecular formula is C12H13N5O3. The lowest BCUT2D eigenvalue weighted by Gasteiger charge is -2.10. The van der Waals surface area contributed by atoms with Gasteiger partial charge in [-0.1, -0.05) is 6.07 Å². The molecule has 0 aliphatic carbocycles. The molecule has 1 aromatic carbocycles. The number of imidazole rings is 1. The molecule has 0 fully saturated rings. The van der Waals surface area contributed by atoms with Gasteiger partial charge in [0.15, 0.2) is 0 Å². The quantitative estimate of drug-likeness (QED) is 0.570. The van der Waals surface area contributed by atoms with E-state index in [0.717, 1.165) is 0 Å². The molecule has 0 bridgehead atoms. The zero-order valence-electron chi connectivity index (χ0n) is 10.7. The molecule has 8 heteroatoms. The second-order valence-electron chi connectivity index (χ2n) is 3.88. The minimum Gasteiger partial charge on any atom is -0.379 e. The predicted molar refractivity (Wildman–Crippen MR) is 73.8 cm³/mol. The summed E-state index contributed by atoms with van der Waals surface area (Å²) in [6.07, 6.45) is 3.06. The molecule has 3 N–H and O–H groups in total. The first kappa shape index (κ1) is 13.5. The molecule has 0 radical (unpaired) electrons. The van der Waals surface area contributed by atoms with E-state index in [4.69, 9.17) is 0 Å². The van der Waals surface area contributed by atoms with Crippen molar-refractivity contribution in [2.75, 3.05) is 17.2 Å². The Morgan fingerprint density at radius 3 is 2.90 bits per heavy atom. The third-order valence-electron chi connectivity index (χ3n) is 2.57. The summed E-state index contributed by atoms with van der Waals surface area (Å²) in [5.74, 6) is -0.191. The third kappa shape index (κ3) is 2.74. The predicted octanol–water partition coefficient (Wildman–Crippen LogP) is 2.00. The Bertz CT molecular complexity index is 624. The number of nitrogens with zero attached hydrogens (tertiary/aromatic N) is 2. The van der Waals surface area contributed by atoms with Gasteiger partial charge in [0.05, 0.1) is 10.5 Å². The number of nitro benzene ring substituents is 1. The van der Waals surface area contributed by atoms with Crippen molar-refractivity contribution in [3.8, 4) is 0 Å². The molecule has 0 spiro atoms. The van der Waals surface area contributed by atoms with Crippen LogP contribution >= 0.6 is 0 Å². The first-order valence-corrected chi connectivity index (χ1v) is 5.95. The van der Waals surface area contributed by atoms with Crippen LogP contribution in [-0.4, -0.2) is 27.3 Å². The van der Waals surface area contributed by atoms with Crippen LogP contribution in [0.3, 0.4) is 0 Å². The first-order valence-electron chi connectivity index (χ1n) is 5.95. The zero-order chi connectivity index (χ0) is 14.5. The van der Waals surface area contributed by atoms with Gasteiger partial charge in [-0.3, -0.25) is 20.2 Å². The van der Waals surface area contributed by atoms with Crippen LogP contribution in [0, 0.1) is 10.1 Å². The van der Waals surface area contributed by atoms with E-state index in [0.29, 0.717) is 6.54 Å². The number of benzene rings is 1. The van der Waals surface area contributed by atoms with Crippen molar-refractivity contribution < 1.29 is 9.72 Å². The number of nitro groups is 1. The van der Waals surface area contributed by atoms with Crippen LogP contribution in [0.2, 0.25) is 0 Å². The van der Waals surface area contributed by atoms with Gasteiger partial charge in [0.1, 0.15) is 5.69 Å². The van der Waals surface area contributed by atoms with Crippen LogP contribution in [0.25, 0.3) is 0 Å². The number of aromatic nitrogens is 2. The topological polar surface area (TPSA) is 113 Å². The van der Waals surface area contributed by atoms with Crippen molar-refractivity contribution in [1.82, 2.24) is 9.97 Å². The Labute approximate surface area is 114 Å². The molecule has 1 heterocycles. The van der Waals surface area contributed by atoms with Gasteiger partial charge in [0.2, 0.25) is 5.95 Å². The molecule has 0 saturated heterocycles. The lowest BCUT2D eigenvalue weighted by atomic mass is 10.1. The van der Waals surface area contributed by atoms with Gasteiger partial charge in [-0.2, -0.15) is 0 Å². The Hall–Kier alpha value is -2.90. The number of amides is 1. The van der Waals surface area contributed by atoms with E-state index >= 15 is 0 Å². The Kier molecular flexibility index (Phi) is 3.94. The lowest BCUT2D eigenvalue weighted by molar-refractivity contribution is -0.384. The number of hydrogen-bond donors (Lipinski definition) is 3. The fourth-order valence-electron chi connectivity index (χ4n) is 1.75. The van der Waals surface area contributed by atoms with E-state index in [1.807, 2.05) is 0 Å². The van der Waals surface area contributed by atoms with Crippen LogP contribution in [-0.2, 0) is 0 Å². The average molecular weight is 275 g/mol. The number of carbonyl (C=O) groups is 1. The summed E-state index contributed by atoms with van der Waals surface area (Å²) in [6, 6.07) is 4.33. The second kappa shape index (κ2) is 5.83. The van der Waals surface area contributed by atoms with E-state index < -0.39 is 10.8 Å². The molecule has 1 amide bonds. The molecule has 2 aromatic rings. The van der Waals surface area contributed by atoms with Crippen LogP contribution in [0.5, 0.6) is 0 Å². The van der Waals surface area contributed by atoms with E-state index in [1.165, 1.54) is 24.4 Å². The fourth-order valence-corrected chi connectivity index (χ4v) is 1.75. The second-order valence-corrected chi connectivity index (χ2v) is 3.88. The monoisotopic (exact) mass is 275 g/mol. The summed E-state index contributed by atoms with van der Waals surface area (Å²) in [6.45, 7) is 2.26. The SMILES string of the molecule is CCNc1c(C(=O)Nc2ncc[nH]2)cccc1[N+](=O)[O-]. The third-order valence-corrected chi connectivity index (χ3v) is 2.57. The summed E-state index contributed by atoms with van der Waals surface area (Å²) in [5, 5.41) is 16.4. The van der Waals surface area contributed by atoms with Gasteiger partial charge in [-0.25, -0.2) is 4.98 Å². The molecule has 0 unspecified atom stereocenters. The zero-order valence-corrected chi connectivity index (χ0v) is 10.7. The summed E-state index contributed by atoms with van der Waals surface area (Å²) in [5.41, 5.74) is 0.250. The number of aromatic amines is 1. The molecule has 0 saturated carbocycles. The molecule has 1 aromatic heterocycles. The summed E-state index contributed by atoms with van der Waals surface area (Å²) in [7, 11) is 0. The first-order chi connectivity index (χ1) is 9.63. The number of nitrogens with one attached hydrogen (secondary N) is 3. The summed E-state index contributed by atoms with van der Waals surface area (Å²) < 4.78 is 0. The van der Waals surface area contributed by atoms with Gasteiger partial charge < -0.3 is 10.3 Å².